The van der Waals surface area contributed by atoms with E-state index in [4.69, 9.17) is 11.6 Å². The van der Waals surface area contributed by atoms with E-state index in [1.54, 1.807) is 11.1 Å². The van der Waals surface area contributed by atoms with Crippen molar-refractivity contribution in [3.8, 4) is 0 Å². The van der Waals surface area contributed by atoms with E-state index in [1.807, 2.05) is 37.3 Å². The van der Waals surface area contributed by atoms with Gasteiger partial charge in [-0.25, -0.2) is 8.42 Å². The highest BCUT2D eigenvalue weighted by atomic mass is 35.5. The highest BCUT2D eigenvalue weighted by molar-refractivity contribution is 7.89. The number of hydrogen-bond acceptors (Lipinski definition) is 6. The number of para-hydroxylation sites is 1. The second-order valence-electron chi connectivity index (χ2n) is 8.43. The lowest BCUT2D eigenvalue weighted by atomic mass is 10.2. The monoisotopic (exact) mass is 506 g/mol. The average molecular weight is 507 g/mol. The van der Waals surface area contributed by atoms with Crippen LogP contribution in [0.3, 0.4) is 0 Å². The van der Waals surface area contributed by atoms with Gasteiger partial charge >= 0.3 is 0 Å². The maximum absolute atomic E-state index is 13.6. The number of aromatic nitrogens is 2. The summed E-state index contributed by atoms with van der Waals surface area (Å²) in [5, 5.41) is 4.80. The molecule has 2 aliphatic heterocycles. The minimum atomic E-state index is -3.93. The Morgan fingerprint density at radius 2 is 1.76 bits per heavy atom. The summed E-state index contributed by atoms with van der Waals surface area (Å²) in [4.78, 5) is 19.3. The number of carbonyl (C=O) groups excluding carboxylic acids is 1. The van der Waals surface area contributed by atoms with E-state index in [9.17, 15) is 13.2 Å². The number of halogens is 1. The Morgan fingerprint density at radius 1 is 1.09 bits per heavy atom. The molecule has 3 heterocycles. The van der Waals surface area contributed by atoms with Gasteiger partial charge in [-0.1, -0.05) is 29.8 Å². The lowest BCUT2D eigenvalue weighted by Crippen LogP contribution is -2.50. The zero-order valence-electron chi connectivity index (χ0n) is 19.4. The van der Waals surface area contributed by atoms with E-state index in [2.05, 4.69) is 21.5 Å². The molecule has 9 nitrogen and oxygen atoms in total. The van der Waals surface area contributed by atoms with Crippen LogP contribution in [-0.4, -0.2) is 97.1 Å². The Hall–Kier alpha value is -2.40. The summed E-state index contributed by atoms with van der Waals surface area (Å²) < 4.78 is 30.1. The quantitative estimate of drug-likeness (QED) is 0.534. The van der Waals surface area contributed by atoms with Crippen LogP contribution in [0, 0.1) is 0 Å². The molecule has 2 fully saturated rings. The molecule has 184 valence electrons. The van der Waals surface area contributed by atoms with Gasteiger partial charge in [0.05, 0.1) is 16.3 Å². The summed E-state index contributed by atoms with van der Waals surface area (Å²) in [6, 6.07) is 7.54. The number of rotatable bonds is 7. The molecule has 0 bridgehead atoms. The van der Waals surface area contributed by atoms with Gasteiger partial charge in [-0.3, -0.25) is 14.4 Å². The van der Waals surface area contributed by atoms with E-state index in [-0.39, 0.29) is 16.5 Å². The first kappa shape index (κ1) is 24.7. The van der Waals surface area contributed by atoms with Gasteiger partial charge in [0.2, 0.25) is 5.03 Å². The first-order valence-corrected chi connectivity index (χ1v) is 13.4. The molecule has 34 heavy (non-hydrogen) atoms. The van der Waals surface area contributed by atoms with Crippen molar-refractivity contribution in [2.45, 2.75) is 18.5 Å². The molecule has 1 aromatic heterocycles. The second-order valence-corrected chi connectivity index (χ2v) is 10.7. The second kappa shape index (κ2) is 10.5. The third-order valence-electron chi connectivity index (χ3n) is 6.35. The number of amides is 1. The third-order valence-corrected chi connectivity index (χ3v) is 8.50. The Bertz CT molecular complexity index is 1140. The largest absolute Gasteiger partial charge is 0.368 e. The molecule has 0 atom stereocenters. The Labute approximate surface area is 206 Å². The minimum absolute atomic E-state index is 0.146. The number of anilines is 1. The van der Waals surface area contributed by atoms with E-state index < -0.39 is 10.0 Å². The van der Waals surface area contributed by atoms with Crippen LogP contribution in [0.25, 0.3) is 0 Å². The van der Waals surface area contributed by atoms with Crippen molar-refractivity contribution in [1.29, 1.82) is 0 Å². The topological polar surface area (TPSA) is 82.0 Å². The third kappa shape index (κ3) is 5.00. The highest BCUT2D eigenvalue weighted by Gasteiger charge is 2.36. The Kier molecular flexibility index (Phi) is 7.61. The fourth-order valence-electron chi connectivity index (χ4n) is 4.39. The van der Waals surface area contributed by atoms with Gasteiger partial charge in [-0.2, -0.15) is 9.40 Å². The van der Waals surface area contributed by atoms with Crippen molar-refractivity contribution in [2.75, 3.05) is 63.8 Å². The summed E-state index contributed by atoms with van der Waals surface area (Å²) >= 11 is 6.32. The summed E-state index contributed by atoms with van der Waals surface area (Å²) in [5.74, 6) is -0.286. The molecular weight excluding hydrogens is 476 g/mol. The van der Waals surface area contributed by atoms with Crippen molar-refractivity contribution in [1.82, 2.24) is 23.9 Å². The summed E-state index contributed by atoms with van der Waals surface area (Å²) in [6.45, 7) is 11.0. The van der Waals surface area contributed by atoms with Crippen LogP contribution >= 0.6 is 11.6 Å². The maximum Gasteiger partial charge on any atom is 0.263 e. The zero-order chi connectivity index (χ0) is 24.3. The molecule has 2 aromatic rings. The minimum Gasteiger partial charge on any atom is -0.368 e. The standard InChI is InChI=1S/C23H31ClN6O3S/c1-3-9-26-10-12-28(13-11-26)23(31)19-18-29(4-2)25-22(19)34(32,33)30-16-14-27(15-17-30)21-8-6-5-7-20(21)24/h3,5-8,18H,1,4,9-17H2,2H3. The molecule has 0 unspecified atom stereocenters. The van der Waals surface area contributed by atoms with Crippen LogP contribution < -0.4 is 4.90 Å². The molecule has 11 heteroatoms. The van der Waals surface area contributed by atoms with E-state index in [0.717, 1.165) is 25.3 Å². The van der Waals surface area contributed by atoms with Gasteiger partial charge < -0.3 is 9.80 Å². The molecular formula is C23H31ClN6O3S. The Balaban J connectivity index is 1.51. The van der Waals surface area contributed by atoms with Gasteiger partial charge in [-0.05, 0) is 19.1 Å². The van der Waals surface area contributed by atoms with Crippen LogP contribution in [0.15, 0.2) is 48.1 Å². The lowest BCUT2D eigenvalue weighted by molar-refractivity contribution is 0.0646. The van der Waals surface area contributed by atoms with Crippen LogP contribution in [0.1, 0.15) is 17.3 Å². The fourth-order valence-corrected chi connectivity index (χ4v) is 6.16. The van der Waals surface area contributed by atoms with Gasteiger partial charge in [0.1, 0.15) is 0 Å². The molecule has 2 saturated heterocycles. The SMILES string of the molecule is C=CCN1CCN(C(=O)c2cn(CC)nc2S(=O)(=O)N2CCN(c3ccccc3Cl)CC2)CC1. The van der Waals surface area contributed by atoms with E-state index >= 15 is 0 Å². The summed E-state index contributed by atoms with van der Waals surface area (Å²) in [6.07, 6.45) is 3.41. The normalized spacial score (nSPS) is 18.3. The molecule has 2 aliphatic rings. The average Bonchev–Trinajstić information content (AvgIpc) is 3.30. The fraction of sp³-hybridized carbons (Fsp3) is 0.478. The molecule has 0 N–H and O–H groups in total. The zero-order valence-corrected chi connectivity index (χ0v) is 21.0. The number of sulfonamides is 1. The highest BCUT2D eigenvalue weighted by Crippen LogP contribution is 2.28. The van der Waals surface area contributed by atoms with Crippen molar-refractivity contribution in [3.05, 3.63) is 53.7 Å². The first-order chi connectivity index (χ1) is 16.3. The Morgan fingerprint density at radius 3 is 2.38 bits per heavy atom. The van der Waals surface area contributed by atoms with Crippen LogP contribution in [0.2, 0.25) is 5.02 Å². The number of carbonyl (C=O) groups is 1. The number of nitrogens with zero attached hydrogens (tertiary/aromatic N) is 6. The summed E-state index contributed by atoms with van der Waals surface area (Å²) in [5.41, 5.74) is 1.04. The van der Waals surface area contributed by atoms with Gasteiger partial charge in [0.15, 0.2) is 0 Å². The van der Waals surface area contributed by atoms with Crippen LogP contribution in [-0.2, 0) is 16.6 Å². The number of hydrogen-bond donors (Lipinski definition) is 0. The van der Waals surface area contributed by atoms with Crippen molar-refractivity contribution < 1.29 is 13.2 Å². The van der Waals surface area contributed by atoms with E-state index in [0.29, 0.717) is 50.8 Å². The van der Waals surface area contributed by atoms with Crippen molar-refractivity contribution in [3.63, 3.8) is 0 Å². The number of aryl methyl sites for hydroxylation is 1. The molecule has 1 amide bonds. The first-order valence-electron chi connectivity index (χ1n) is 11.5. The molecule has 0 spiro atoms. The van der Waals surface area contributed by atoms with E-state index in [1.165, 1.54) is 8.99 Å². The van der Waals surface area contributed by atoms with Crippen LogP contribution in [0.5, 0.6) is 0 Å². The van der Waals surface area contributed by atoms with Gasteiger partial charge in [0.25, 0.3) is 15.9 Å². The number of benzene rings is 1. The smallest absolute Gasteiger partial charge is 0.263 e. The molecule has 1 aromatic carbocycles. The van der Waals surface area contributed by atoms with Gasteiger partial charge in [0, 0.05) is 71.6 Å². The van der Waals surface area contributed by atoms with Crippen LogP contribution in [0.4, 0.5) is 5.69 Å². The predicted octanol–water partition coefficient (Wildman–Crippen LogP) is 2.01. The predicted molar refractivity (Wildman–Crippen MR) is 133 cm³/mol. The molecule has 4 rings (SSSR count). The summed E-state index contributed by atoms with van der Waals surface area (Å²) in [7, 11) is -3.93. The lowest BCUT2D eigenvalue weighted by Gasteiger charge is -2.36. The van der Waals surface area contributed by atoms with Crippen molar-refractivity contribution in [2.24, 2.45) is 0 Å². The molecule has 0 aliphatic carbocycles. The van der Waals surface area contributed by atoms with Gasteiger partial charge in [-0.15, -0.1) is 6.58 Å². The molecule has 0 saturated carbocycles. The number of piperazine rings is 2. The van der Waals surface area contributed by atoms with Crippen molar-refractivity contribution >= 4 is 33.2 Å². The molecule has 0 radical (unpaired) electrons. The maximum atomic E-state index is 13.6.